The third-order valence-electron chi connectivity index (χ3n) is 2.43. The number of hydrazine groups is 1. The lowest BCUT2D eigenvalue weighted by atomic mass is 10.0. The van der Waals surface area contributed by atoms with Crippen LogP contribution in [0.2, 0.25) is 0 Å². The smallest absolute Gasteiger partial charge is 0.246 e. The Kier molecular flexibility index (Phi) is 1.85. The third kappa shape index (κ3) is 1.24. The Balaban J connectivity index is 2.30. The van der Waals surface area contributed by atoms with Gasteiger partial charge in [-0.1, -0.05) is 0 Å². The summed E-state index contributed by atoms with van der Waals surface area (Å²) in [5.74, 6) is 5.01. The molecular weight excluding hydrogens is 186 g/mol. The van der Waals surface area contributed by atoms with Crippen molar-refractivity contribution in [2.24, 2.45) is 5.84 Å². The number of aryl methyl sites for hydroxylation is 1. The van der Waals surface area contributed by atoms with E-state index in [-0.39, 0.29) is 5.91 Å². The summed E-state index contributed by atoms with van der Waals surface area (Å²) in [6, 6.07) is 0. The Morgan fingerprint density at radius 2 is 2.46 bits per heavy atom. The zero-order chi connectivity index (χ0) is 9.47. The summed E-state index contributed by atoms with van der Waals surface area (Å²) < 4.78 is 0. The molecule has 5 heteroatoms. The number of nitrogens with zero attached hydrogens (tertiary/aromatic N) is 1. The van der Waals surface area contributed by atoms with Gasteiger partial charge in [-0.25, -0.2) is 10.8 Å². The Hall–Kier alpha value is -0.940. The van der Waals surface area contributed by atoms with Crippen LogP contribution in [-0.4, -0.2) is 10.9 Å². The average molecular weight is 197 g/mol. The zero-order valence-corrected chi connectivity index (χ0v) is 8.15. The molecule has 0 saturated heterocycles. The second-order valence-electron chi connectivity index (χ2n) is 3.31. The first-order valence-corrected chi connectivity index (χ1v) is 5.01. The molecule has 1 aliphatic carbocycles. The van der Waals surface area contributed by atoms with Gasteiger partial charge in [-0.15, -0.1) is 11.3 Å². The van der Waals surface area contributed by atoms with Gasteiger partial charge in [0.1, 0.15) is 0 Å². The molecule has 0 radical (unpaired) electrons. The summed E-state index contributed by atoms with van der Waals surface area (Å²) in [5, 5.41) is 2.93. The molecule has 0 spiro atoms. The SMILES string of the molecule is Cc1nc(C2(C(=O)NN)CC2)cs1. The molecule has 1 aliphatic rings. The van der Waals surface area contributed by atoms with Crippen molar-refractivity contribution < 1.29 is 4.79 Å². The molecule has 1 fully saturated rings. The van der Waals surface area contributed by atoms with Crippen LogP contribution in [0.25, 0.3) is 0 Å². The largest absolute Gasteiger partial charge is 0.293 e. The number of carbonyl (C=O) groups is 1. The summed E-state index contributed by atoms with van der Waals surface area (Å²) in [5.41, 5.74) is 2.67. The molecule has 0 atom stereocenters. The van der Waals surface area contributed by atoms with Gasteiger partial charge in [-0.3, -0.25) is 10.2 Å². The van der Waals surface area contributed by atoms with Crippen LogP contribution in [0.5, 0.6) is 0 Å². The summed E-state index contributed by atoms with van der Waals surface area (Å²) >= 11 is 1.57. The van der Waals surface area contributed by atoms with Gasteiger partial charge in [-0.05, 0) is 19.8 Å². The van der Waals surface area contributed by atoms with E-state index in [9.17, 15) is 4.79 Å². The highest BCUT2D eigenvalue weighted by Crippen LogP contribution is 2.48. The van der Waals surface area contributed by atoms with Gasteiger partial charge in [-0.2, -0.15) is 0 Å². The number of aromatic nitrogens is 1. The van der Waals surface area contributed by atoms with Crippen molar-refractivity contribution in [2.75, 3.05) is 0 Å². The number of nitrogens with two attached hydrogens (primary N) is 1. The molecule has 0 aliphatic heterocycles. The van der Waals surface area contributed by atoms with Crippen molar-refractivity contribution in [1.29, 1.82) is 0 Å². The number of amides is 1. The van der Waals surface area contributed by atoms with Gasteiger partial charge in [0.15, 0.2) is 0 Å². The molecule has 70 valence electrons. The van der Waals surface area contributed by atoms with Gasteiger partial charge >= 0.3 is 0 Å². The highest BCUT2D eigenvalue weighted by Gasteiger charge is 2.52. The number of hydrogen-bond acceptors (Lipinski definition) is 4. The number of nitrogens with one attached hydrogen (secondary N) is 1. The minimum atomic E-state index is -0.403. The topological polar surface area (TPSA) is 68.0 Å². The van der Waals surface area contributed by atoms with Crippen molar-refractivity contribution in [3.05, 3.63) is 16.1 Å². The van der Waals surface area contributed by atoms with Gasteiger partial charge in [0.05, 0.1) is 16.1 Å². The van der Waals surface area contributed by atoms with Crippen molar-refractivity contribution in [1.82, 2.24) is 10.4 Å². The van der Waals surface area contributed by atoms with E-state index < -0.39 is 5.41 Å². The van der Waals surface area contributed by atoms with E-state index >= 15 is 0 Å². The van der Waals surface area contributed by atoms with Crippen LogP contribution in [0.4, 0.5) is 0 Å². The maximum Gasteiger partial charge on any atom is 0.246 e. The Labute approximate surface area is 80.1 Å². The zero-order valence-electron chi connectivity index (χ0n) is 7.33. The fourth-order valence-electron chi connectivity index (χ4n) is 1.45. The van der Waals surface area contributed by atoms with E-state index in [2.05, 4.69) is 10.4 Å². The normalized spacial score (nSPS) is 18.3. The van der Waals surface area contributed by atoms with Crippen LogP contribution in [0.15, 0.2) is 5.38 Å². The lowest BCUT2D eigenvalue weighted by Crippen LogP contribution is -2.39. The molecule has 1 heterocycles. The van der Waals surface area contributed by atoms with Gasteiger partial charge < -0.3 is 0 Å². The maximum absolute atomic E-state index is 11.4. The van der Waals surface area contributed by atoms with Crippen molar-refractivity contribution in [2.45, 2.75) is 25.2 Å². The molecule has 13 heavy (non-hydrogen) atoms. The van der Waals surface area contributed by atoms with Crippen LogP contribution in [0, 0.1) is 6.92 Å². The van der Waals surface area contributed by atoms with E-state index in [0.717, 1.165) is 23.5 Å². The van der Waals surface area contributed by atoms with Crippen LogP contribution < -0.4 is 11.3 Å². The molecular formula is C8H11N3OS. The lowest BCUT2D eigenvalue weighted by Gasteiger charge is -2.09. The molecule has 4 nitrogen and oxygen atoms in total. The molecule has 1 amide bonds. The second-order valence-corrected chi connectivity index (χ2v) is 4.37. The molecule has 3 N–H and O–H groups in total. The molecule has 2 rings (SSSR count). The first-order valence-electron chi connectivity index (χ1n) is 4.13. The maximum atomic E-state index is 11.4. The van der Waals surface area contributed by atoms with Crippen molar-refractivity contribution >= 4 is 17.2 Å². The highest BCUT2D eigenvalue weighted by molar-refractivity contribution is 7.09. The van der Waals surface area contributed by atoms with Crippen LogP contribution >= 0.6 is 11.3 Å². The summed E-state index contributed by atoms with van der Waals surface area (Å²) in [7, 11) is 0. The summed E-state index contributed by atoms with van der Waals surface area (Å²) in [6.07, 6.45) is 1.72. The number of thiazole rings is 1. The van der Waals surface area contributed by atoms with Crippen molar-refractivity contribution in [3.63, 3.8) is 0 Å². The first-order chi connectivity index (χ1) is 6.19. The minimum absolute atomic E-state index is 0.113. The molecule has 1 aromatic heterocycles. The molecule has 0 bridgehead atoms. The molecule has 1 saturated carbocycles. The highest BCUT2D eigenvalue weighted by atomic mass is 32.1. The molecule has 1 aromatic rings. The van der Waals surface area contributed by atoms with Gasteiger partial charge in [0.25, 0.3) is 0 Å². The predicted molar refractivity (Wildman–Crippen MR) is 50.1 cm³/mol. The first kappa shape index (κ1) is 8.65. The second kappa shape index (κ2) is 2.78. The monoisotopic (exact) mass is 197 g/mol. The average Bonchev–Trinajstić information content (AvgIpc) is 2.83. The molecule has 0 unspecified atom stereocenters. The van der Waals surface area contributed by atoms with Crippen LogP contribution in [0.1, 0.15) is 23.5 Å². The van der Waals surface area contributed by atoms with Gasteiger partial charge in [0, 0.05) is 5.38 Å². The fraction of sp³-hybridized carbons (Fsp3) is 0.500. The minimum Gasteiger partial charge on any atom is -0.293 e. The predicted octanol–water partition coefficient (Wildman–Crippen LogP) is 0.473. The number of rotatable bonds is 2. The summed E-state index contributed by atoms with van der Waals surface area (Å²) in [6.45, 7) is 1.94. The van der Waals surface area contributed by atoms with Crippen LogP contribution in [-0.2, 0) is 10.2 Å². The molecule has 0 aromatic carbocycles. The van der Waals surface area contributed by atoms with Gasteiger partial charge in [0.2, 0.25) is 5.91 Å². The standard InChI is InChI=1S/C8H11N3OS/c1-5-10-6(4-13-5)8(2-3-8)7(12)11-9/h4H,2-3,9H2,1H3,(H,11,12). The fourth-order valence-corrected chi connectivity index (χ4v) is 2.16. The van der Waals surface area contributed by atoms with Crippen LogP contribution in [0.3, 0.4) is 0 Å². The van der Waals surface area contributed by atoms with E-state index in [0.29, 0.717) is 0 Å². The Morgan fingerprint density at radius 3 is 2.85 bits per heavy atom. The van der Waals surface area contributed by atoms with E-state index in [4.69, 9.17) is 5.84 Å². The lowest BCUT2D eigenvalue weighted by molar-refractivity contribution is -0.123. The Morgan fingerprint density at radius 1 is 1.77 bits per heavy atom. The number of hydrogen-bond donors (Lipinski definition) is 2. The van der Waals surface area contributed by atoms with Crippen molar-refractivity contribution in [3.8, 4) is 0 Å². The third-order valence-corrected chi connectivity index (χ3v) is 3.20. The van der Waals surface area contributed by atoms with E-state index in [1.54, 1.807) is 11.3 Å². The number of carbonyl (C=O) groups excluding carboxylic acids is 1. The summed E-state index contributed by atoms with van der Waals surface area (Å²) in [4.78, 5) is 15.8. The van der Waals surface area contributed by atoms with E-state index in [1.807, 2.05) is 12.3 Å². The van der Waals surface area contributed by atoms with E-state index in [1.165, 1.54) is 0 Å². The Bertz CT molecular complexity index is 343. The quantitative estimate of drug-likeness (QED) is 0.411.